The van der Waals surface area contributed by atoms with Gasteiger partial charge in [0, 0.05) is 39.6 Å². The molecule has 0 aromatic rings. The smallest absolute Gasteiger partial charge is 0.0637 e. The van der Waals surface area contributed by atoms with E-state index in [-0.39, 0.29) is 0 Å². The van der Waals surface area contributed by atoms with Crippen LogP contribution in [0.1, 0.15) is 122 Å². The van der Waals surface area contributed by atoms with Gasteiger partial charge in [-0.2, -0.15) is 70.6 Å². The molecule has 0 N–H and O–H groups in total. The first-order valence-electron chi connectivity index (χ1n) is 22.9. The van der Waals surface area contributed by atoms with E-state index < -0.39 is 10.8 Å². The van der Waals surface area contributed by atoms with Crippen LogP contribution in [0, 0.1) is 10.8 Å². The summed E-state index contributed by atoms with van der Waals surface area (Å²) >= 11 is 11.9. The van der Waals surface area contributed by atoms with Crippen molar-refractivity contribution >= 4 is 70.6 Å². The average Bonchev–Trinajstić information content (AvgIpc) is 3.16. The number of hydrogen-bond acceptors (Lipinski definition) is 13. The van der Waals surface area contributed by atoms with Gasteiger partial charge in [0.2, 0.25) is 0 Å². The summed E-state index contributed by atoms with van der Waals surface area (Å²) in [6.07, 6.45) is 6.15. The zero-order valence-electron chi connectivity index (χ0n) is 40.2. The van der Waals surface area contributed by atoms with Gasteiger partial charge in [-0.15, -0.1) is 0 Å². The van der Waals surface area contributed by atoms with Gasteiger partial charge >= 0.3 is 0 Å². The number of ether oxygens (including phenoxy) is 7. The first kappa shape index (κ1) is 60.8. The molecule has 0 unspecified atom stereocenters. The summed E-state index contributed by atoms with van der Waals surface area (Å²) in [5, 5.41) is 3.76. The van der Waals surface area contributed by atoms with E-state index >= 15 is 0 Å². The highest BCUT2D eigenvalue weighted by Crippen LogP contribution is 2.27. The quantitative estimate of drug-likeness (QED) is 0.0545. The summed E-state index contributed by atoms with van der Waals surface area (Å²) in [6, 6.07) is 0. The Labute approximate surface area is 392 Å². The SMILES string of the molecule is CC(C)SCCCOCC(COCCCSC(C)C)(COCCCSC(C)C)COCC(COCCCSC(C)C)(COCCCSC(C)C)COCCCSC(C)C. The highest BCUT2D eigenvalue weighted by atomic mass is 32.2. The maximum absolute atomic E-state index is 6.92. The summed E-state index contributed by atoms with van der Waals surface area (Å²) in [7, 11) is 0. The Morgan fingerprint density at radius 1 is 0.254 bits per heavy atom. The van der Waals surface area contributed by atoms with Crippen LogP contribution in [0.15, 0.2) is 0 Å². The molecule has 0 aliphatic heterocycles. The Morgan fingerprint density at radius 3 is 0.559 bits per heavy atom. The lowest BCUT2D eigenvalue weighted by Gasteiger charge is -2.37. The Bertz CT molecular complexity index is 716. The zero-order chi connectivity index (χ0) is 44.0. The van der Waals surface area contributed by atoms with Crippen LogP contribution in [0.4, 0.5) is 0 Å². The molecule has 59 heavy (non-hydrogen) atoms. The predicted octanol–water partition coefficient (Wildman–Crippen LogP) is 12.3. The van der Waals surface area contributed by atoms with Crippen LogP contribution in [0.2, 0.25) is 0 Å². The molecule has 0 fully saturated rings. The number of rotatable bonds is 46. The molecule has 356 valence electrons. The maximum atomic E-state index is 6.92. The van der Waals surface area contributed by atoms with E-state index in [0.717, 1.165) is 113 Å². The largest absolute Gasteiger partial charge is 0.381 e. The van der Waals surface area contributed by atoms with E-state index in [2.05, 4.69) is 83.1 Å². The molecule has 0 aliphatic carbocycles. The second kappa shape index (κ2) is 41.3. The molecule has 0 rings (SSSR count). The second-order valence-electron chi connectivity index (χ2n) is 17.4. The summed E-state index contributed by atoms with van der Waals surface area (Å²) in [6.45, 7) is 35.5. The topological polar surface area (TPSA) is 64.6 Å². The Morgan fingerprint density at radius 2 is 0.407 bits per heavy atom. The van der Waals surface area contributed by atoms with Crippen molar-refractivity contribution in [2.75, 3.05) is 127 Å². The molecule has 0 aliphatic rings. The molecule has 0 bridgehead atoms. The zero-order valence-corrected chi connectivity index (χ0v) is 45.1. The van der Waals surface area contributed by atoms with Crippen LogP contribution in [-0.2, 0) is 33.2 Å². The fourth-order valence-corrected chi connectivity index (χ4v) is 10.1. The summed E-state index contributed by atoms with van der Waals surface area (Å²) in [5.41, 5.74) is -0.877. The van der Waals surface area contributed by atoms with Crippen LogP contribution < -0.4 is 0 Å². The van der Waals surface area contributed by atoms with Crippen molar-refractivity contribution in [3.05, 3.63) is 0 Å². The molecule has 0 saturated carbocycles. The number of thioether (sulfide) groups is 6. The van der Waals surface area contributed by atoms with Crippen LogP contribution in [0.3, 0.4) is 0 Å². The minimum absolute atomic E-state index is 0.438. The van der Waals surface area contributed by atoms with Gasteiger partial charge in [-0.1, -0.05) is 83.1 Å². The van der Waals surface area contributed by atoms with Crippen LogP contribution in [0.25, 0.3) is 0 Å². The lowest BCUT2D eigenvalue weighted by Crippen LogP contribution is -2.46. The molecular formula is C46H94O7S6. The monoisotopic (exact) mass is 951 g/mol. The van der Waals surface area contributed by atoms with Crippen LogP contribution in [-0.4, -0.2) is 159 Å². The first-order valence-corrected chi connectivity index (χ1v) is 29.2. The maximum Gasteiger partial charge on any atom is 0.0637 e. The van der Waals surface area contributed by atoms with Gasteiger partial charge in [-0.25, -0.2) is 0 Å². The lowest BCUT2D eigenvalue weighted by atomic mass is 9.90. The molecule has 0 radical (unpaired) electrons. The minimum atomic E-state index is -0.438. The molecule has 0 spiro atoms. The van der Waals surface area contributed by atoms with Gasteiger partial charge in [0.15, 0.2) is 0 Å². The number of hydrogen-bond donors (Lipinski definition) is 0. The van der Waals surface area contributed by atoms with E-state index in [1.54, 1.807) is 0 Å². The molecule has 0 saturated heterocycles. The van der Waals surface area contributed by atoms with Gasteiger partial charge < -0.3 is 33.2 Å². The predicted molar refractivity (Wildman–Crippen MR) is 274 cm³/mol. The first-order chi connectivity index (χ1) is 28.2. The summed E-state index contributed by atoms with van der Waals surface area (Å²) in [5.74, 6) is 6.58. The van der Waals surface area contributed by atoms with Gasteiger partial charge in [0.1, 0.15) is 0 Å². The van der Waals surface area contributed by atoms with Gasteiger partial charge in [0.05, 0.1) is 63.7 Å². The third kappa shape index (κ3) is 41.0. The van der Waals surface area contributed by atoms with Crippen molar-refractivity contribution in [2.24, 2.45) is 10.8 Å². The van der Waals surface area contributed by atoms with Crippen LogP contribution >= 0.6 is 70.6 Å². The van der Waals surface area contributed by atoms with Crippen molar-refractivity contribution < 1.29 is 33.2 Å². The third-order valence-electron chi connectivity index (χ3n) is 8.57. The fraction of sp³-hybridized carbons (Fsp3) is 1.00. The molecule has 13 heteroatoms. The van der Waals surface area contributed by atoms with Crippen molar-refractivity contribution in [1.82, 2.24) is 0 Å². The average molecular weight is 952 g/mol. The highest BCUT2D eigenvalue weighted by Gasteiger charge is 2.37. The lowest BCUT2D eigenvalue weighted by molar-refractivity contribution is -0.142. The molecular weight excluding hydrogens is 857 g/mol. The van der Waals surface area contributed by atoms with Crippen LogP contribution in [0.5, 0.6) is 0 Å². The normalized spacial score (nSPS) is 12.9. The Kier molecular flexibility index (Phi) is 42.5. The molecule has 0 aromatic carbocycles. The van der Waals surface area contributed by atoms with E-state index in [9.17, 15) is 0 Å². The van der Waals surface area contributed by atoms with E-state index in [1.165, 1.54) is 0 Å². The van der Waals surface area contributed by atoms with Crippen molar-refractivity contribution in [3.63, 3.8) is 0 Å². The molecule has 0 amide bonds. The van der Waals surface area contributed by atoms with Gasteiger partial charge in [-0.3, -0.25) is 0 Å². The third-order valence-corrected chi connectivity index (χ3v) is 15.7. The van der Waals surface area contributed by atoms with Crippen molar-refractivity contribution in [2.45, 2.75) is 153 Å². The van der Waals surface area contributed by atoms with Gasteiger partial charge in [-0.05, 0) is 105 Å². The Balaban J connectivity index is 6.22. The second-order valence-corrected chi connectivity index (χ2v) is 27.6. The van der Waals surface area contributed by atoms with E-state index in [1.807, 2.05) is 70.6 Å². The highest BCUT2D eigenvalue weighted by molar-refractivity contribution is 8.00. The summed E-state index contributed by atoms with van der Waals surface area (Å²) < 4.78 is 45.9. The van der Waals surface area contributed by atoms with Gasteiger partial charge in [0.25, 0.3) is 0 Å². The standard InChI is InChI=1S/C46H94O7S6/c1-39(2)54-25-13-19-47-31-45(32-48-20-14-26-55-40(3)4,33-49-21-15-27-56-41(5)6)37-53-38-46(34-50-22-16-28-57-42(7)8,35-51-23-17-29-58-43(9)10)36-52-24-18-30-59-44(11)12/h39-44H,13-38H2,1-12H3. The minimum Gasteiger partial charge on any atom is -0.381 e. The Hall–Kier alpha value is 1.82. The summed E-state index contributed by atoms with van der Waals surface area (Å²) in [4.78, 5) is 0. The molecule has 7 nitrogen and oxygen atoms in total. The molecule has 0 aromatic heterocycles. The van der Waals surface area contributed by atoms with E-state index in [0.29, 0.717) is 84.4 Å². The van der Waals surface area contributed by atoms with Crippen molar-refractivity contribution in [1.29, 1.82) is 0 Å². The van der Waals surface area contributed by atoms with Crippen molar-refractivity contribution in [3.8, 4) is 0 Å². The molecule has 0 heterocycles. The van der Waals surface area contributed by atoms with E-state index in [4.69, 9.17) is 33.2 Å². The fourth-order valence-electron chi connectivity index (χ4n) is 5.60. The molecule has 0 atom stereocenters.